The average Bonchev–Trinajstić information content (AvgIpc) is 3.80. The van der Waals surface area contributed by atoms with Gasteiger partial charge in [0.15, 0.2) is 0 Å². The molecule has 0 aliphatic rings. The summed E-state index contributed by atoms with van der Waals surface area (Å²) in [5.41, 5.74) is 10.5. The van der Waals surface area contributed by atoms with Crippen molar-refractivity contribution < 1.29 is 8.83 Å². The quantitative estimate of drug-likeness (QED) is 0.173. The molecule has 0 fully saturated rings. The van der Waals surface area contributed by atoms with E-state index in [2.05, 4.69) is 170 Å². The second-order valence-corrected chi connectivity index (χ2v) is 14.3. The van der Waals surface area contributed by atoms with E-state index in [-0.39, 0.29) is 0 Å². The molecule has 0 saturated carbocycles. The van der Waals surface area contributed by atoms with Crippen molar-refractivity contribution in [3.8, 4) is 33.4 Å². The Balaban J connectivity index is 1.20. The van der Waals surface area contributed by atoms with E-state index in [9.17, 15) is 0 Å². The largest absolute Gasteiger partial charge is 0.455 e. The van der Waals surface area contributed by atoms with Crippen molar-refractivity contribution in [1.82, 2.24) is 0 Å². The standard InChI is InChI=1S/C52H30O2/c1-2-16-32-31(14-1)15-13-25-37(32)48-38-21-5-7-23-40(38)49(41-24-8-6-22-39(41)48)42-28-29-43(34-18-4-3-17-33(34)42)50-51-44(35-19-9-11-26-46(35)53-51)30-45-36-20-10-12-27-47(36)54-52(45)50/h1-30H. The summed E-state index contributed by atoms with van der Waals surface area (Å²) in [6.45, 7) is 0. The molecule has 250 valence electrons. The van der Waals surface area contributed by atoms with Crippen molar-refractivity contribution in [2.24, 2.45) is 0 Å². The van der Waals surface area contributed by atoms with Gasteiger partial charge in [0.05, 0.1) is 5.56 Å². The first kappa shape index (κ1) is 29.4. The third-order valence-corrected chi connectivity index (χ3v) is 11.5. The maximum atomic E-state index is 6.75. The van der Waals surface area contributed by atoms with Crippen LogP contribution in [0, 0.1) is 0 Å². The Kier molecular flexibility index (Phi) is 6.09. The molecule has 0 aliphatic carbocycles. The fraction of sp³-hybridized carbons (Fsp3) is 0. The number of hydrogen-bond donors (Lipinski definition) is 0. The molecule has 0 aliphatic heterocycles. The van der Waals surface area contributed by atoms with Gasteiger partial charge in [-0.3, -0.25) is 0 Å². The van der Waals surface area contributed by atoms with Crippen LogP contribution in [0.25, 0.3) is 120 Å². The molecule has 12 rings (SSSR count). The molecule has 2 aromatic heterocycles. The zero-order valence-electron chi connectivity index (χ0n) is 29.1. The highest BCUT2D eigenvalue weighted by molar-refractivity contribution is 6.28. The second kappa shape index (κ2) is 11.2. The van der Waals surface area contributed by atoms with Crippen molar-refractivity contribution in [2.45, 2.75) is 0 Å². The van der Waals surface area contributed by atoms with Crippen molar-refractivity contribution >= 4 is 87.0 Å². The van der Waals surface area contributed by atoms with Gasteiger partial charge >= 0.3 is 0 Å². The van der Waals surface area contributed by atoms with Gasteiger partial charge in [0.25, 0.3) is 0 Å². The lowest BCUT2D eigenvalue weighted by Gasteiger charge is -2.20. The van der Waals surface area contributed by atoms with Crippen LogP contribution in [0.1, 0.15) is 0 Å². The van der Waals surface area contributed by atoms with Crippen LogP contribution >= 0.6 is 0 Å². The van der Waals surface area contributed by atoms with Gasteiger partial charge in [-0.25, -0.2) is 0 Å². The number of hydrogen-bond acceptors (Lipinski definition) is 2. The number of rotatable bonds is 3. The number of benzene rings is 10. The molecule has 10 aromatic carbocycles. The van der Waals surface area contributed by atoms with Crippen LogP contribution in [-0.2, 0) is 0 Å². The van der Waals surface area contributed by atoms with Gasteiger partial charge in [0.1, 0.15) is 22.3 Å². The Morgan fingerprint density at radius 1 is 0.241 bits per heavy atom. The molecule has 12 aromatic rings. The normalized spacial score (nSPS) is 12.1. The zero-order chi connectivity index (χ0) is 35.3. The Morgan fingerprint density at radius 3 is 1.13 bits per heavy atom. The van der Waals surface area contributed by atoms with Gasteiger partial charge in [-0.2, -0.15) is 0 Å². The summed E-state index contributed by atoms with van der Waals surface area (Å²) in [7, 11) is 0. The van der Waals surface area contributed by atoms with E-state index in [0.717, 1.165) is 60.4 Å². The third-order valence-electron chi connectivity index (χ3n) is 11.5. The predicted octanol–water partition coefficient (Wildman–Crippen LogP) is 15.1. The van der Waals surface area contributed by atoms with E-state index in [1.165, 1.54) is 60.0 Å². The lowest BCUT2D eigenvalue weighted by molar-refractivity contribution is 0.658. The fourth-order valence-electron chi connectivity index (χ4n) is 9.17. The molecular weight excluding hydrogens is 657 g/mol. The molecule has 0 spiro atoms. The Hall–Kier alpha value is -7.16. The molecule has 0 radical (unpaired) electrons. The molecule has 0 unspecified atom stereocenters. The molecule has 0 bridgehead atoms. The number of furan rings is 2. The Labute approximate surface area is 310 Å². The molecule has 2 heterocycles. The summed E-state index contributed by atoms with van der Waals surface area (Å²) in [5.74, 6) is 0. The van der Waals surface area contributed by atoms with Crippen LogP contribution in [0.5, 0.6) is 0 Å². The van der Waals surface area contributed by atoms with Gasteiger partial charge in [0.2, 0.25) is 0 Å². The molecule has 0 saturated heterocycles. The molecule has 54 heavy (non-hydrogen) atoms. The van der Waals surface area contributed by atoms with Crippen LogP contribution in [-0.4, -0.2) is 0 Å². The van der Waals surface area contributed by atoms with Crippen molar-refractivity contribution in [3.63, 3.8) is 0 Å². The SMILES string of the molecule is c1ccc2c(-c3c4ccccc4c(-c4ccc(-c5c6oc7ccccc7c6cc6c5oc5ccccc56)c5ccccc45)c4ccccc34)cccc2c1. The smallest absolute Gasteiger partial charge is 0.147 e. The molecule has 2 nitrogen and oxygen atoms in total. The maximum absolute atomic E-state index is 6.75. The van der Waals surface area contributed by atoms with Crippen molar-refractivity contribution in [3.05, 3.63) is 182 Å². The van der Waals surface area contributed by atoms with Crippen LogP contribution in [0.3, 0.4) is 0 Å². The topological polar surface area (TPSA) is 26.3 Å². The zero-order valence-corrected chi connectivity index (χ0v) is 29.1. The molecule has 0 atom stereocenters. The third kappa shape index (κ3) is 4.05. The van der Waals surface area contributed by atoms with Crippen LogP contribution in [0.2, 0.25) is 0 Å². The van der Waals surface area contributed by atoms with E-state index in [4.69, 9.17) is 8.83 Å². The van der Waals surface area contributed by atoms with Gasteiger partial charge in [-0.05, 0) is 89.1 Å². The minimum Gasteiger partial charge on any atom is -0.455 e. The number of para-hydroxylation sites is 2. The van der Waals surface area contributed by atoms with E-state index in [0.29, 0.717) is 0 Å². The maximum Gasteiger partial charge on any atom is 0.147 e. The molecule has 2 heteroatoms. The Morgan fingerprint density at radius 2 is 0.611 bits per heavy atom. The first-order valence-corrected chi connectivity index (χ1v) is 18.5. The molecule has 0 amide bonds. The van der Waals surface area contributed by atoms with Crippen LogP contribution < -0.4 is 0 Å². The predicted molar refractivity (Wildman–Crippen MR) is 227 cm³/mol. The van der Waals surface area contributed by atoms with E-state index in [1.807, 2.05) is 12.1 Å². The van der Waals surface area contributed by atoms with Crippen molar-refractivity contribution in [2.75, 3.05) is 0 Å². The van der Waals surface area contributed by atoms with Gasteiger partial charge in [0, 0.05) is 21.5 Å². The first-order valence-electron chi connectivity index (χ1n) is 18.5. The minimum atomic E-state index is 0.844. The summed E-state index contributed by atoms with van der Waals surface area (Å²) in [6, 6.07) is 65.5. The lowest BCUT2D eigenvalue weighted by Crippen LogP contribution is -1.93. The number of fused-ring (bicyclic) bond motifs is 10. The molecule has 0 N–H and O–H groups in total. The highest BCUT2D eigenvalue weighted by Gasteiger charge is 2.24. The van der Waals surface area contributed by atoms with Gasteiger partial charge < -0.3 is 8.83 Å². The average molecular weight is 687 g/mol. The van der Waals surface area contributed by atoms with E-state index < -0.39 is 0 Å². The summed E-state index contributed by atoms with van der Waals surface area (Å²) in [4.78, 5) is 0. The van der Waals surface area contributed by atoms with Crippen LogP contribution in [0.15, 0.2) is 191 Å². The van der Waals surface area contributed by atoms with Gasteiger partial charge in [-0.15, -0.1) is 0 Å². The molecular formula is C52H30O2. The minimum absolute atomic E-state index is 0.844. The Bertz CT molecular complexity index is 3350. The van der Waals surface area contributed by atoms with E-state index in [1.54, 1.807) is 0 Å². The van der Waals surface area contributed by atoms with Gasteiger partial charge in [-0.1, -0.05) is 164 Å². The summed E-state index contributed by atoms with van der Waals surface area (Å²) in [6.07, 6.45) is 0. The highest BCUT2D eigenvalue weighted by Crippen LogP contribution is 2.50. The summed E-state index contributed by atoms with van der Waals surface area (Å²) < 4.78 is 13.5. The lowest BCUT2D eigenvalue weighted by atomic mass is 9.83. The highest BCUT2D eigenvalue weighted by atomic mass is 16.3. The summed E-state index contributed by atoms with van der Waals surface area (Å²) >= 11 is 0. The summed E-state index contributed by atoms with van der Waals surface area (Å²) in [5, 5.41) is 14.2. The van der Waals surface area contributed by atoms with E-state index >= 15 is 0 Å². The van der Waals surface area contributed by atoms with Crippen molar-refractivity contribution in [1.29, 1.82) is 0 Å². The fourth-order valence-corrected chi connectivity index (χ4v) is 9.17. The first-order chi connectivity index (χ1) is 26.8. The van der Waals surface area contributed by atoms with Crippen LogP contribution in [0.4, 0.5) is 0 Å². The second-order valence-electron chi connectivity index (χ2n) is 14.3. The monoisotopic (exact) mass is 686 g/mol.